The lowest BCUT2D eigenvalue weighted by molar-refractivity contribution is 0.290. The maximum absolute atomic E-state index is 6.18. The molecule has 0 N–H and O–H groups in total. The zero-order valence-corrected chi connectivity index (χ0v) is 15.7. The molecule has 4 aromatic rings. The third-order valence-corrected chi connectivity index (χ3v) is 4.70. The van der Waals surface area contributed by atoms with Crippen LogP contribution in [0.1, 0.15) is 11.6 Å². The van der Waals surface area contributed by atoms with Gasteiger partial charge in [0.25, 0.3) is 0 Å². The molecule has 0 spiro atoms. The number of hydrogen-bond acceptors (Lipinski definition) is 3. The summed E-state index contributed by atoms with van der Waals surface area (Å²) in [6, 6.07) is 14.5. The Morgan fingerprint density at radius 2 is 1.81 bits per heavy atom. The quantitative estimate of drug-likeness (QED) is 0.394. The van der Waals surface area contributed by atoms with Gasteiger partial charge in [0.05, 0.1) is 28.9 Å². The molecule has 0 radical (unpaired) electrons. The highest BCUT2D eigenvalue weighted by Crippen LogP contribution is 2.29. The Morgan fingerprint density at radius 1 is 1.00 bits per heavy atom. The van der Waals surface area contributed by atoms with Crippen LogP contribution in [0, 0.1) is 0 Å². The summed E-state index contributed by atoms with van der Waals surface area (Å²) in [6.45, 7) is 0.769. The van der Waals surface area contributed by atoms with E-state index in [-0.39, 0.29) is 6.61 Å². The number of ether oxygens (including phenoxy) is 1. The SMILES string of the molecule is Clc1ccc(OCc2nc3ccc(Cl)cc3n2Cc2ccco2)c(Cl)c1. The molecule has 0 bridgehead atoms. The second kappa shape index (κ2) is 7.23. The van der Waals surface area contributed by atoms with Gasteiger partial charge in [-0.15, -0.1) is 0 Å². The molecule has 2 aromatic heterocycles. The highest BCUT2D eigenvalue weighted by molar-refractivity contribution is 6.35. The summed E-state index contributed by atoms with van der Waals surface area (Å²) in [4.78, 5) is 4.67. The van der Waals surface area contributed by atoms with Crippen molar-refractivity contribution in [1.29, 1.82) is 0 Å². The highest BCUT2D eigenvalue weighted by atomic mass is 35.5. The van der Waals surface area contributed by atoms with Crippen molar-refractivity contribution in [3.05, 3.63) is 81.4 Å². The first-order valence-corrected chi connectivity index (χ1v) is 8.98. The van der Waals surface area contributed by atoms with Gasteiger partial charge in [-0.3, -0.25) is 0 Å². The number of nitrogens with zero attached hydrogens (tertiary/aromatic N) is 2. The molecule has 4 nitrogen and oxygen atoms in total. The van der Waals surface area contributed by atoms with Gasteiger partial charge in [0.1, 0.15) is 23.9 Å². The third kappa shape index (κ3) is 3.54. The Balaban J connectivity index is 1.69. The van der Waals surface area contributed by atoms with E-state index in [1.165, 1.54) is 0 Å². The van der Waals surface area contributed by atoms with Gasteiger partial charge in [0.2, 0.25) is 0 Å². The molecular formula is C19H13Cl3N2O2. The number of rotatable bonds is 5. The van der Waals surface area contributed by atoms with Crippen molar-refractivity contribution < 1.29 is 9.15 Å². The third-order valence-electron chi connectivity index (χ3n) is 3.93. The summed E-state index contributed by atoms with van der Waals surface area (Å²) in [6.07, 6.45) is 1.64. The van der Waals surface area contributed by atoms with E-state index in [0.717, 1.165) is 22.6 Å². The summed E-state index contributed by atoms with van der Waals surface area (Å²) in [5.41, 5.74) is 1.75. The Hall–Kier alpha value is -2.14. The van der Waals surface area contributed by atoms with E-state index >= 15 is 0 Å². The van der Waals surface area contributed by atoms with Crippen molar-refractivity contribution in [1.82, 2.24) is 9.55 Å². The maximum Gasteiger partial charge on any atom is 0.148 e. The topological polar surface area (TPSA) is 40.2 Å². The van der Waals surface area contributed by atoms with Crippen molar-refractivity contribution >= 4 is 45.8 Å². The molecule has 0 aliphatic carbocycles. The van der Waals surface area contributed by atoms with Crippen molar-refractivity contribution in [3.63, 3.8) is 0 Å². The van der Waals surface area contributed by atoms with Crippen LogP contribution >= 0.6 is 34.8 Å². The van der Waals surface area contributed by atoms with Crippen molar-refractivity contribution in [2.75, 3.05) is 0 Å². The number of hydrogen-bond donors (Lipinski definition) is 0. The predicted molar refractivity (Wildman–Crippen MR) is 103 cm³/mol. The fourth-order valence-corrected chi connectivity index (χ4v) is 3.35. The summed E-state index contributed by atoms with van der Waals surface area (Å²) in [7, 11) is 0. The molecule has 0 amide bonds. The van der Waals surface area contributed by atoms with Crippen LogP contribution in [-0.2, 0) is 13.2 Å². The Labute approximate surface area is 164 Å². The maximum atomic E-state index is 6.18. The summed E-state index contributed by atoms with van der Waals surface area (Å²) < 4.78 is 13.4. The van der Waals surface area contributed by atoms with Crippen LogP contribution in [0.3, 0.4) is 0 Å². The van der Waals surface area contributed by atoms with Gasteiger partial charge < -0.3 is 13.7 Å². The molecule has 2 aromatic carbocycles. The Morgan fingerprint density at radius 3 is 2.58 bits per heavy atom. The number of aromatic nitrogens is 2. The molecule has 0 unspecified atom stereocenters. The van der Waals surface area contributed by atoms with Gasteiger partial charge in [0, 0.05) is 10.0 Å². The van der Waals surface area contributed by atoms with Crippen LogP contribution < -0.4 is 4.74 Å². The molecule has 0 fully saturated rings. The molecule has 7 heteroatoms. The molecule has 0 saturated heterocycles. The van der Waals surface area contributed by atoms with Gasteiger partial charge in [-0.25, -0.2) is 4.98 Å². The highest BCUT2D eigenvalue weighted by Gasteiger charge is 2.14. The molecule has 2 heterocycles. The van der Waals surface area contributed by atoms with E-state index in [1.54, 1.807) is 24.5 Å². The number of benzene rings is 2. The van der Waals surface area contributed by atoms with Crippen molar-refractivity contribution in [2.45, 2.75) is 13.2 Å². The average Bonchev–Trinajstić information content (AvgIpc) is 3.23. The standard InChI is InChI=1S/C19H13Cl3N2O2/c20-12-4-6-18(15(22)8-12)26-11-19-23-16-5-3-13(21)9-17(16)24(19)10-14-2-1-7-25-14/h1-9H,10-11H2. The second-order valence-electron chi connectivity index (χ2n) is 5.69. The summed E-state index contributed by atoms with van der Waals surface area (Å²) in [5, 5.41) is 1.66. The molecule has 0 atom stereocenters. The van der Waals surface area contributed by atoms with E-state index in [0.29, 0.717) is 27.4 Å². The normalized spacial score (nSPS) is 11.2. The van der Waals surface area contributed by atoms with Gasteiger partial charge in [-0.1, -0.05) is 34.8 Å². The molecule has 26 heavy (non-hydrogen) atoms. The monoisotopic (exact) mass is 406 g/mol. The van der Waals surface area contributed by atoms with E-state index in [9.17, 15) is 0 Å². The largest absolute Gasteiger partial charge is 0.484 e. The molecular weight excluding hydrogens is 395 g/mol. The average molecular weight is 408 g/mol. The van der Waals surface area contributed by atoms with Crippen molar-refractivity contribution in [2.24, 2.45) is 0 Å². The molecule has 0 aliphatic heterocycles. The lowest BCUT2D eigenvalue weighted by Crippen LogP contribution is -2.08. The predicted octanol–water partition coefficient (Wildman–Crippen LogP) is 6.22. The smallest absolute Gasteiger partial charge is 0.148 e. The van der Waals surface area contributed by atoms with Crippen LogP contribution in [-0.4, -0.2) is 9.55 Å². The first-order valence-electron chi connectivity index (χ1n) is 7.85. The van der Waals surface area contributed by atoms with E-state index in [1.807, 2.05) is 34.9 Å². The van der Waals surface area contributed by atoms with Gasteiger partial charge in [0.15, 0.2) is 0 Å². The molecule has 132 valence electrons. The van der Waals surface area contributed by atoms with Crippen LogP contribution in [0.25, 0.3) is 11.0 Å². The number of fused-ring (bicyclic) bond motifs is 1. The zero-order valence-electron chi connectivity index (χ0n) is 13.5. The number of halogens is 3. The minimum atomic E-state index is 0.244. The first kappa shape index (κ1) is 17.3. The zero-order chi connectivity index (χ0) is 18.1. The molecule has 0 aliphatic rings. The minimum absolute atomic E-state index is 0.244. The lowest BCUT2D eigenvalue weighted by atomic mass is 10.3. The van der Waals surface area contributed by atoms with Crippen LogP contribution in [0.5, 0.6) is 5.75 Å². The van der Waals surface area contributed by atoms with Crippen molar-refractivity contribution in [3.8, 4) is 5.75 Å². The van der Waals surface area contributed by atoms with Gasteiger partial charge in [-0.05, 0) is 48.5 Å². The fraction of sp³-hybridized carbons (Fsp3) is 0.105. The Kier molecular flexibility index (Phi) is 4.81. The van der Waals surface area contributed by atoms with Crippen LogP contribution in [0.4, 0.5) is 0 Å². The van der Waals surface area contributed by atoms with E-state index < -0.39 is 0 Å². The molecule has 4 rings (SSSR count). The number of imidazole rings is 1. The summed E-state index contributed by atoms with van der Waals surface area (Å²) in [5.74, 6) is 2.10. The lowest BCUT2D eigenvalue weighted by Gasteiger charge is -2.10. The van der Waals surface area contributed by atoms with E-state index in [2.05, 4.69) is 4.98 Å². The summed E-state index contributed by atoms with van der Waals surface area (Å²) >= 11 is 18.3. The number of furan rings is 1. The second-order valence-corrected chi connectivity index (χ2v) is 6.97. The first-order chi connectivity index (χ1) is 12.6. The molecule has 0 saturated carbocycles. The van der Waals surface area contributed by atoms with Crippen LogP contribution in [0.2, 0.25) is 15.1 Å². The van der Waals surface area contributed by atoms with Gasteiger partial charge in [-0.2, -0.15) is 0 Å². The Bertz CT molecular complexity index is 1060. The van der Waals surface area contributed by atoms with Crippen LogP contribution in [0.15, 0.2) is 59.2 Å². The minimum Gasteiger partial charge on any atom is -0.484 e. The van der Waals surface area contributed by atoms with E-state index in [4.69, 9.17) is 44.0 Å². The van der Waals surface area contributed by atoms with Gasteiger partial charge >= 0.3 is 0 Å². The fourth-order valence-electron chi connectivity index (χ4n) is 2.73.